The van der Waals surface area contributed by atoms with E-state index in [-0.39, 0.29) is 0 Å². The second-order valence-corrected chi connectivity index (χ2v) is 4.90. The summed E-state index contributed by atoms with van der Waals surface area (Å²) in [6.45, 7) is 3.69. The van der Waals surface area contributed by atoms with Gasteiger partial charge in [0.05, 0.1) is 5.52 Å². The van der Waals surface area contributed by atoms with Gasteiger partial charge in [0.1, 0.15) is 0 Å². The zero-order valence-corrected chi connectivity index (χ0v) is 11.5. The van der Waals surface area contributed by atoms with Gasteiger partial charge in [0.2, 0.25) is 0 Å². The van der Waals surface area contributed by atoms with Gasteiger partial charge in [0, 0.05) is 36.6 Å². The van der Waals surface area contributed by atoms with E-state index in [1.165, 1.54) is 16.5 Å². The minimum Gasteiger partial charge on any atom is -0.309 e. The van der Waals surface area contributed by atoms with Crippen LogP contribution < -0.4 is 5.32 Å². The van der Waals surface area contributed by atoms with Crippen molar-refractivity contribution in [2.24, 2.45) is 0 Å². The first-order valence-corrected chi connectivity index (χ1v) is 6.78. The summed E-state index contributed by atoms with van der Waals surface area (Å²) in [5, 5.41) is 4.69. The van der Waals surface area contributed by atoms with Crippen molar-refractivity contribution in [3.8, 4) is 0 Å². The fourth-order valence-corrected chi connectivity index (χ4v) is 2.39. The van der Waals surface area contributed by atoms with Crippen molar-refractivity contribution < 1.29 is 0 Å². The quantitative estimate of drug-likeness (QED) is 0.785. The largest absolute Gasteiger partial charge is 0.309 e. The van der Waals surface area contributed by atoms with Crippen LogP contribution in [-0.4, -0.2) is 9.97 Å². The number of aryl methyl sites for hydroxylation is 1. The summed E-state index contributed by atoms with van der Waals surface area (Å²) >= 11 is 0. The lowest BCUT2D eigenvalue weighted by atomic mass is 10.1. The van der Waals surface area contributed by atoms with Gasteiger partial charge in [-0.15, -0.1) is 0 Å². The van der Waals surface area contributed by atoms with E-state index in [4.69, 9.17) is 0 Å². The number of aromatic nitrogens is 2. The summed E-state index contributed by atoms with van der Waals surface area (Å²) in [4.78, 5) is 8.69. The van der Waals surface area contributed by atoms with Crippen LogP contribution in [0.15, 0.2) is 54.9 Å². The molecule has 0 radical (unpaired) electrons. The molecule has 100 valence electrons. The molecule has 1 N–H and O–H groups in total. The lowest BCUT2D eigenvalue weighted by molar-refractivity contribution is 0.693. The fraction of sp³-hybridized carbons (Fsp3) is 0.176. The van der Waals surface area contributed by atoms with Gasteiger partial charge in [-0.3, -0.25) is 9.97 Å². The van der Waals surface area contributed by atoms with E-state index in [2.05, 4.69) is 45.6 Å². The van der Waals surface area contributed by atoms with E-state index in [9.17, 15) is 0 Å². The van der Waals surface area contributed by atoms with E-state index in [0.717, 1.165) is 24.3 Å². The highest BCUT2D eigenvalue weighted by atomic mass is 14.9. The highest BCUT2D eigenvalue weighted by Gasteiger charge is 2.03. The van der Waals surface area contributed by atoms with Gasteiger partial charge in [0.15, 0.2) is 0 Å². The molecule has 2 aromatic heterocycles. The Balaban J connectivity index is 1.77. The fourth-order valence-electron chi connectivity index (χ4n) is 2.39. The van der Waals surface area contributed by atoms with Crippen LogP contribution in [0.5, 0.6) is 0 Å². The SMILES string of the molecule is Cc1cc(CNCc2cccnc2)c2ccccc2n1. The normalized spacial score (nSPS) is 10.8. The molecule has 3 heteroatoms. The summed E-state index contributed by atoms with van der Waals surface area (Å²) in [6, 6.07) is 14.5. The third-order valence-corrected chi connectivity index (χ3v) is 3.30. The first-order chi connectivity index (χ1) is 9.83. The van der Waals surface area contributed by atoms with Crippen molar-refractivity contribution in [1.29, 1.82) is 0 Å². The maximum absolute atomic E-state index is 4.56. The molecular formula is C17H17N3. The maximum atomic E-state index is 4.56. The third kappa shape index (κ3) is 2.83. The number of fused-ring (bicyclic) bond motifs is 1. The van der Waals surface area contributed by atoms with Crippen molar-refractivity contribution in [1.82, 2.24) is 15.3 Å². The molecule has 2 heterocycles. The number of nitrogens with one attached hydrogen (secondary N) is 1. The molecule has 0 saturated carbocycles. The van der Waals surface area contributed by atoms with Crippen molar-refractivity contribution in [3.05, 3.63) is 71.7 Å². The minimum absolute atomic E-state index is 0.823. The molecule has 0 spiro atoms. The Bertz CT molecular complexity index is 708. The molecule has 3 nitrogen and oxygen atoms in total. The number of benzene rings is 1. The molecule has 20 heavy (non-hydrogen) atoms. The molecule has 0 fully saturated rings. The molecule has 0 aliphatic rings. The van der Waals surface area contributed by atoms with Crippen LogP contribution in [0.3, 0.4) is 0 Å². The second kappa shape index (κ2) is 5.80. The molecule has 0 atom stereocenters. The van der Waals surface area contributed by atoms with Crippen LogP contribution >= 0.6 is 0 Å². The van der Waals surface area contributed by atoms with Crippen molar-refractivity contribution in [2.45, 2.75) is 20.0 Å². The smallest absolute Gasteiger partial charge is 0.0708 e. The summed E-state index contributed by atoms with van der Waals surface area (Å²) in [5.74, 6) is 0. The van der Waals surface area contributed by atoms with E-state index >= 15 is 0 Å². The second-order valence-electron chi connectivity index (χ2n) is 4.90. The summed E-state index contributed by atoms with van der Waals surface area (Å²) < 4.78 is 0. The zero-order valence-electron chi connectivity index (χ0n) is 11.5. The van der Waals surface area contributed by atoms with Crippen molar-refractivity contribution in [3.63, 3.8) is 0 Å². The predicted octanol–water partition coefficient (Wildman–Crippen LogP) is 3.23. The van der Waals surface area contributed by atoms with Crippen LogP contribution in [-0.2, 0) is 13.1 Å². The van der Waals surface area contributed by atoms with E-state index < -0.39 is 0 Å². The van der Waals surface area contributed by atoms with Gasteiger partial charge in [-0.25, -0.2) is 0 Å². The van der Waals surface area contributed by atoms with Crippen LogP contribution in [0, 0.1) is 6.92 Å². The minimum atomic E-state index is 0.823. The van der Waals surface area contributed by atoms with E-state index in [1.807, 2.05) is 25.3 Å². The molecule has 3 aromatic rings. The highest BCUT2D eigenvalue weighted by molar-refractivity contribution is 5.82. The monoisotopic (exact) mass is 263 g/mol. The Morgan fingerprint density at radius 2 is 1.95 bits per heavy atom. The Morgan fingerprint density at radius 1 is 1.05 bits per heavy atom. The number of hydrogen-bond donors (Lipinski definition) is 1. The van der Waals surface area contributed by atoms with Gasteiger partial charge in [-0.05, 0) is 36.2 Å². The van der Waals surface area contributed by atoms with Gasteiger partial charge in [0.25, 0.3) is 0 Å². The molecule has 3 rings (SSSR count). The van der Waals surface area contributed by atoms with E-state index in [1.54, 1.807) is 6.20 Å². The van der Waals surface area contributed by atoms with Crippen molar-refractivity contribution in [2.75, 3.05) is 0 Å². The summed E-state index contributed by atoms with van der Waals surface area (Å²) in [7, 11) is 0. The number of hydrogen-bond acceptors (Lipinski definition) is 3. The molecule has 0 bridgehead atoms. The van der Waals surface area contributed by atoms with Crippen LogP contribution in [0.25, 0.3) is 10.9 Å². The average molecular weight is 263 g/mol. The number of rotatable bonds is 4. The van der Waals surface area contributed by atoms with E-state index in [0.29, 0.717) is 0 Å². The van der Waals surface area contributed by atoms with Crippen LogP contribution in [0.4, 0.5) is 0 Å². The molecule has 0 aliphatic carbocycles. The Morgan fingerprint density at radius 3 is 2.80 bits per heavy atom. The average Bonchev–Trinajstić information content (AvgIpc) is 2.48. The van der Waals surface area contributed by atoms with Crippen molar-refractivity contribution >= 4 is 10.9 Å². The molecule has 0 amide bonds. The number of nitrogens with zero attached hydrogens (tertiary/aromatic N) is 2. The topological polar surface area (TPSA) is 37.8 Å². The highest BCUT2D eigenvalue weighted by Crippen LogP contribution is 2.18. The molecule has 1 aromatic carbocycles. The van der Waals surface area contributed by atoms with Gasteiger partial charge >= 0.3 is 0 Å². The first kappa shape index (κ1) is 12.8. The lowest BCUT2D eigenvalue weighted by Gasteiger charge is -2.09. The van der Waals surface area contributed by atoms with Crippen LogP contribution in [0.2, 0.25) is 0 Å². The molecular weight excluding hydrogens is 246 g/mol. The first-order valence-electron chi connectivity index (χ1n) is 6.78. The van der Waals surface area contributed by atoms with Gasteiger partial charge < -0.3 is 5.32 Å². The Hall–Kier alpha value is -2.26. The van der Waals surface area contributed by atoms with Gasteiger partial charge in [-0.1, -0.05) is 24.3 Å². The third-order valence-electron chi connectivity index (χ3n) is 3.30. The Labute approximate surface area is 118 Å². The lowest BCUT2D eigenvalue weighted by Crippen LogP contribution is -2.13. The summed E-state index contributed by atoms with van der Waals surface area (Å²) in [6.07, 6.45) is 3.69. The molecule has 0 saturated heterocycles. The zero-order chi connectivity index (χ0) is 13.8. The van der Waals surface area contributed by atoms with Gasteiger partial charge in [-0.2, -0.15) is 0 Å². The number of pyridine rings is 2. The Kier molecular flexibility index (Phi) is 3.70. The summed E-state index contributed by atoms with van der Waals surface area (Å²) in [5.41, 5.74) is 4.60. The standard InChI is InChI=1S/C17H17N3/c1-13-9-15(16-6-2-3-7-17(16)20-13)12-19-11-14-5-4-8-18-10-14/h2-10,19H,11-12H2,1H3. The predicted molar refractivity (Wildman–Crippen MR) is 81.3 cm³/mol. The molecule has 0 unspecified atom stereocenters. The maximum Gasteiger partial charge on any atom is 0.0708 e. The van der Waals surface area contributed by atoms with Crippen LogP contribution in [0.1, 0.15) is 16.8 Å². The number of para-hydroxylation sites is 1. The molecule has 0 aliphatic heterocycles.